The zero-order valence-electron chi connectivity index (χ0n) is 17.8. The van der Waals surface area contributed by atoms with Crippen LogP contribution in [0.5, 0.6) is 11.5 Å². The average molecular weight is 590 g/mol. The first kappa shape index (κ1) is 25.8. The van der Waals surface area contributed by atoms with Crippen LogP contribution in [0.3, 0.4) is 0 Å². The number of methoxy groups -OCH3 is 1. The van der Waals surface area contributed by atoms with Gasteiger partial charge in [0.2, 0.25) is 0 Å². The molecule has 1 heterocycles. The summed E-state index contributed by atoms with van der Waals surface area (Å²) >= 11 is 21.9. The maximum absolute atomic E-state index is 12.7. The number of amides is 2. The normalized spacial score (nSPS) is 14.9. The van der Waals surface area contributed by atoms with Crippen LogP contribution in [-0.4, -0.2) is 40.8 Å². The number of anilines is 1. The predicted molar refractivity (Wildman–Crippen MR) is 141 cm³/mol. The number of ether oxygens (including phenoxy) is 2. The van der Waals surface area contributed by atoms with E-state index in [4.69, 9.17) is 44.9 Å². The van der Waals surface area contributed by atoms with Gasteiger partial charge >= 0.3 is 0 Å². The minimum Gasteiger partial charge on any atom is -0.493 e. The molecule has 0 aromatic heterocycles. The molecule has 0 radical (unpaired) electrons. The van der Waals surface area contributed by atoms with Gasteiger partial charge in [-0.15, -0.1) is 0 Å². The minimum atomic E-state index is -0.399. The third-order valence-electron chi connectivity index (χ3n) is 4.38. The second-order valence-corrected chi connectivity index (χ2v) is 10.6. The van der Waals surface area contributed by atoms with Crippen molar-refractivity contribution in [2.45, 2.75) is 19.9 Å². The first-order chi connectivity index (χ1) is 15.6. The van der Waals surface area contributed by atoms with Crippen molar-refractivity contribution in [2.24, 2.45) is 0 Å². The predicted octanol–water partition coefficient (Wildman–Crippen LogP) is 6.39. The molecule has 3 rings (SSSR count). The van der Waals surface area contributed by atoms with E-state index >= 15 is 0 Å². The van der Waals surface area contributed by atoms with E-state index in [0.29, 0.717) is 46.5 Å². The molecule has 0 bridgehead atoms. The molecule has 0 atom stereocenters. The molecule has 174 valence electrons. The Balaban J connectivity index is 1.75. The van der Waals surface area contributed by atoms with E-state index < -0.39 is 5.91 Å². The molecular weight excluding hydrogens is 571 g/mol. The lowest BCUT2D eigenvalue weighted by Crippen LogP contribution is -2.34. The van der Waals surface area contributed by atoms with Crippen molar-refractivity contribution in [1.29, 1.82) is 0 Å². The van der Waals surface area contributed by atoms with Crippen LogP contribution in [0.4, 0.5) is 5.69 Å². The van der Waals surface area contributed by atoms with Crippen LogP contribution >= 0.6 is 63.1 Å². The van der Waals surface area contributed by atoms with Gasteiger partial charge in [0.05, 0.1) is 16.5 Å². The van der Waals surface area contributed by atoms with Gasteiger partial charge in [0.1, 0.15) is 4.32 Å². The molecule has 0 spiro atoms. The number of halogens is 3. The number of benzene rings is 2. The maximum atomic E-state index is 12.7. The van der Waals surface area contributed by atoms with Crippen molar-refractivity contribution >= 4 is 91.0 Å². The number of thiocarbonyl (C=S) groups is 1. The van der Waals surface area contributed by atoms with Gasteiger partial charge in [0.15, 0.2) is 18.1 Å². The van der Waals surface area contributed by atoms with Crippen molar-refractivity contribution in [3.05, 3.63) is 55.3 Å². The van der Waals surface area contributed by atoms with Crippen molar-refractivity contribution in [2.75, 3.05) is 19.0 Å². The maximum Gasteiger partial charge on any atom is 0.266 e. The number of nitrogens with one attached hydrogen (secondary N) is 1. The van der Waals surface area contributed by atoms with Crippen LogP contribution in [0.15, 0.2) is 39.7 Å². The van der Waals surface area contributed by atoms with E-state index in [1.807, 2.05) is 13.8 Å². The summed E-state index contributed by atoms with van der Waals surface area (Å²) in [6, 6.07) is 8.21. The summed E-state index contributed by atoms with van der Waals surface area (Å²) in [6.07, 6.45) is 1.74. The van der Waals surface area contributed by atoms with E-state index in [9.17, 15) is 9.59 Å². The van der Waals surface area contributed by atoms with Gasteiger partial charge in [0, 0.05) is 21.8 Å². The van der Waals surface area contributed by atoms with E-state index in [-0.39, 0.29) is 18.6 Å². The minimum absolute atomic E-state index is 0.0190. The number of carbonyl (C=O) groups excluding carboxylic acids is 2. The molecule has 0 aliphatic carbocycles. The fraction of sp³-hybridized carbons (Fsp3) is 0.227. The second-order valence-electron chi connectivity index (χ2n) is 7.17. The Morgan fingerprint density at radius 2 is 1.91 bits per heavy atom. The second kappa shape index (κ2) is 11.1. The van der Waals surface area contributed by atoms with E-state index in [0.717, 1.165) is 0 Å². The van der Waals surface area contributed by atoms with Crippen LogP contribution in [0.25, 0.3) is 6.08 Å². The van der Waals surface area contributed by atoms with Crippen LogP contribution in [0, 0.1) is 0 Å². The zero-order chi connectivity index (χ0) is 24.3. The van der Waals surface area contributed by atoms with E-state index in [2.05, 4.69) is 21.2 Å². The Morgan fingerprint density at radius 1 is 1.24 bits per heavy atom. The summed E-state index contributed by atoms with van der Waals surface area (Å²) in [4.78, 5) is 27.1. The lowest BCUT2D eigenvalue weighted by Gasteiger charge is -2.18. The molecule has 1 N–H and O–H groups in total. The monoisotopic (exact) mass is 588 g/mol. The number of hydrogen-bond donors (Lipinski definition) is 1. The molecule has 0 unspecified atom stereocenters. The Hall–Kier alpha value is -1.78. The highest BCUT2D eigenvalue weighted by atomic mass is 79.9. The Morgan fingerprint density at radius 3 is 2.48 bits per heavy atom. The number of hydrogen-bond acceptors (Lipinski definition) is 6. The van der Waals surface area contributed by atoms with Crippen molar-refractivity contribution in [1.82, 2.24) is 4.90 Å². The summed E-state index contributed by atoms with van der Waals surface area (Å²) in [5.41, 5.74) is 1.18. The van der Waals surface area contributed by atoms with Gasteiger partial charge in [-0.25, -0.2) is 0 Å². The first-order valence-corrected chi connectivity index (χ1v) is 12.4. The highest BCUT2D eigenvalue weighted by molar-refractivity contribution is 9.10. The third-order valence-corrected chi connectivity index (χ3v) is 6.74. The molecule has 1 aliphatic rings. The van der Waals surface area contributed by atoms with Crippen molar-refractivity contribution < 1.29 is 19.1 Å². The Kier molecular flexibility index (Phi) is 8.69. The van der Waals surface area contributed by atoms with Gasteiger partial charge in [0.25, 0.3) is 11.8 Å². The summed E-state index contributed by atoms with van der Waals surface area (Å²) < 4.78 is 12.2. The molecule has 2 amide bonds. The standard InChI is InChI=1S/C22H19BrCl2N2O4S2/c1-11(2)27-21(29)18(33-22(27)32)6-12-4-16(23)20(17(5-12)30-3)31-10-19(28)26-15-8-13(24)7-14(25)9-15/h4-9,11H,10H2,1-3H3,(H,26,28)/b18-6-. The SMILES string of the molecule is COc1cc(/C=C2\SC(=S)N(C(C)C)C2=O)cc(Br)c1OCC(=O)Nc1cc(Cl)cc(Cl)c1. The Bertz CT molecular complexity index is 1140. The van der Waals surface area contributed by atoms with Crippen LogP contribution in [0.1, 0.15) is 19.4 Å². The molecule has 1 saturated heterocycles. The smallest absolute Gasteiger partial charge is 0.266 e. The largest absolute Gasteiger partial charge is 0.493 e. The topological polar surface area (TPSA) is 67.9 Å². The molecule has 33 heavy (non-hydrogen) atoms. The van der Waals surface area contributed by atoms with Crippen molar-refractivity contribution in [3.63, 3.8) is 0 Å². The third kappa shape index (κ3) is 6.42. The molecule has 0 saturated carbocycles. The zero-order valence-corrected chi connectivity index (χ0v) is 22.5. The summed E-state index contributed by atoms with van der Waals surface area (Å²) in [7, 11) is 1.49. The fourth-order valence-electron chi connectivity index (χ4n) is 3.00. The summed E-state index contributed by atoms with van der Waals surface area (Å²) in [6.45, 7) is 3.55. The highest BCUT2D eigenvalue weighted by Crippen LogP contribution is 2.39. The van der Waals surface area contributed by atoms with Crippen molar-refractivity contribution in [3.8, 4) is 11.5 Å². The first-order valence-electron chi connectivity index (χ1n) is 9.62. The average Bonchev–Trinajstić information content (AvgIpc) is 2.98. The molecule has 6 nitrogen and oxygen atoms in total. The van der Waals surface area contributed by atoms with Gasteiger partial charge in [-0.3, -0.25) is 14.5 Å². The lowest BCUT2D eigenvalue weighted by atomic mass is 10.1. The van der Waals surface area contributed by atoms with Gasteiger partial charge in [-0.05, 0) is 71.7 Å². The molecule has 2 aromatic carbocycles. The number of carbonyl (C=O) groups is 2. The molecule has 1 aliphatic heterocycles. The number of rotatable bonds is 7. The molecular formula is C22H19BrCl2N2O4S2. The Labute approximate surface area is 219 Å². The molecule has 1 fully saturated rings. The van der Waals surface area contributed by atoms with Crippen LogP contribution < -0.4 is 14.8 Å². The molecule has 2 aromatic rings. The van der Waals surface area contributed by atoms with Crippen LogP contribution in [0.2, 0.25) is 10.0 Å². The fourth-order valence-corrected chi connectivity index (χ4v) is 5.62. The van der Waals surface area contributed by atoms with Gasteiger partial charge in [-0.1, -0.05) is 47.2 Å². The molecule has 11 heteroatoms. The van der Waals surface area contributed by atoms with Gasteiger partial charge in [-0.2, -0.15) is 0 Å². The van der Waals surface area contributed by atoms with E-state index in [1.165, 1.54) is 18.9 Å². The quantitative estimate of drug-likeness (QED) is 0.298. The number of nitrogens with zero attached hydrogens (tertiary/aromatic N) is 1. The lowest BCUT2D eigenvalue weighted by molar-refractivity contribution is -0.123. The summed E-state index contributed by atoms with van der Waals surface area (Å²) in [5.74, 6) is 0.217. The van der Waals surface area contributed by atoms with Crippen LogP contribution in [-0.2, 0) is 9.59 Å². The highest BCUT2D eigenvalue weighted by Gasteiger charge is 2.33. The van der Waals surface area contributed by atoms with E-state index in [1.54, 1.807) is 41.3 Å². The van der Waals surface area contributed by atoms with Gasteiger partial charge < -0.3 is 14.8 Å². The number of thioether (sulfide) groups is 1. The summed E-state index contributed by atoms with van der Waals surface area (Å²) in [5, 5.41) is 3.49.